The van der Waals surface area contributed by atoms with Gasteiger partial charge >= 0.3 is 0 Å². The number of methoxy groups -OCH3 is 1. The highest BCUT2D eigenvalue weighted by Gasteiger charge is 2.31. The van der Waals surface area contributed by atoms with Crippen molar-refractivity contribution in [1.82, 2.24) is 4.57 Å². The van der Waals surface area contributed by atoms with Gasteiger partial charge in [0.25, 0.3) is 5.91 Å². The molecular weight excluding hydrogens is 419 g/mol. The highest BCUT2D eigenvalue weighted by atomic mass is 32.2. The Morgan fingerprint density at radius 2 is 1.61 bits per heavy atom. The maximum atomic E-state index is 13.6. The van der Waals surface area contributed by atoms with E-state index in [4.69, 9.17) is 4.74 Å². The van der Waals surface area contributed by atoms with Gasteiger partial charge in [-0.2, -0.15) is 0 Å². The number of nitrogens with one attached hydrogen (secondary N) is 1. The molecule has 0 fully saturated rings. The predicted molar refractivity (Wildman–Crippen MR) is 117 cm³/mol. The van der Waals surface area contributed by atoms with Gasteiger partial charge < -0.3 is 14.6 Å². The molecule has 0 saturated carbocycles. The van der Waals surface area contributed by atoms with Crippen LogP contribution in [0.5, 0.6) is 5.75 Å². The number of carbonyl (C=O) groups is 1. The number of rotatable bonds is 6. The lowest BCUT2D eigenvalue weighted by Gasteiger charge is -2.17. The van der Waals surface area contributed by atoms with E-state index < -0.39 is 21.6 Å². The molecule has 0 atom stereocenters. The first-order chi connectivity index (χ1) is 14.6. The van der Waals surface area contributed by atoms with E-state index in [9.17, 15) is 17.6 Å². The maximum Gasteiger partial charge on any atom is 0.256 e. The summed E-state index contributed by atoms with van der Waals surface area (Å²) in [5.74, 6) is -0.256. The van der Waals surface area contributed by atoms with Crippen molar-refractivity contribution in [3.8, 4) is 5.75 Å². The van der Waals surface area contributed by atoms with Crippen molar-refractivity contribution in [1.29, 1.82) is 0 Å². The molecule has 1 amide bonds. The fourth-order valence-electron chi connectivity index (χ4n) is 3.54. The number of anilines is 1. The van der Waals surface area contributed by atoms with E-state index >= 15 is 0 Å². The fraction of sp³-hybridized carbons (Fsp3) is 0.261. The highest BCUT2D eigenvalue weighted by Crippen LogP contribution is 2.37. The Morgan fingerprint density at radius 3 is 2.13 bits per heavy atom. The summed E-state index contributed by atoms with van der Waals surface area (Å²) in [4.78, 5) is 13.0. The summed E-state index contributed by atoms with van der Waals surface area (Å²) in [6.07, 6.45) is 0. The Kier molecular flexibility index (Phi) is 6.22. The van der Waals surface area contributed by atoms with Crippen LogP contribution in [0.3, 0.4) is 0 Å². The summed E-state index contributed by atoms with van der Waals surface area (Å²) in [5.41, 5.74) is 1.51. The zero-order valence-electron chi connectivity index (χ0n) is 18.1. The third-order valence-corrected chi connectivity index (χ3v) is 7.12. The third-order valence-electron chi connectivity index (χ3n) is 5.19. The quantitative estimate of drug-likeness (QED) is 0.586. The van der Waals surface area contributed by atoms with E-state index in [1.807, 2.05) is 20.8 Å². The van der Waals surface area contributed by atoms with Gasteiger partial charge in [-0.1, -0.05) is 0 Å². The summed E-state index contributed by atoms with van der Waals surface area (Å²) in [6.45, 7) is 7.35. The number of ether oxygens (including phenoxy) is 1. The van der Waals surface area contributed by atoms with E-state index in [1.165, 1.54) is 43.5 Å². The molecule has 0 aliphatic rings. The van der Waals surface area contributed by atoms with Crippen molar-refractivity contribution >= 4 is 21.6 Å². The van der Waals surface area contributed by atoms with Crippen LogP contribution in [0.25, 0.3) is 0 Å². The van der Waals surface area contributed by atoms with Gasteiger partial charge in [-0.05, 0) is 81.8 Å². The normalized spacial score (nSPS) is 11.6. The van der Waals surface area contributed by atoms with Crippen molar-refractivity contribution < 1.29 is 22.3 Å². The summed E-state index contributed by atoms with van der Waals surface area (Å²) < 4.78 is 47.3. The molecule has 3 rings (SSSR count). The van der Waals surface area contributed by atoms with Gasteiger partial charge in [-0.25, -0.2) is 12.8 Å². The lowest BCUT2D eigenvalue weighted by atomic mass is 10.2. The molecule has 1 aromatic heterocycles. The van der Waals surface area contributed by atoms with Gasteiger partial charge in [0.15, 0.2) is 0 Å². The van der Waals surface area contributed by atoms with Crippen LogP contribution in [0.15, 0.2) is 58.3 Å². The van der Waals surface area contributed by atoms with E-state index in [2.05, 4.69) is 5.32 Å². The Bertz CT molecular complexity index is 1210. The van der Waals surface area contributed by atoms with Crippen molar-refractivity contribution in [2.75, 3.05) is 12.4 Å². The summed E-state index contributed by atoms with van der Waals surface area (Å²) in [6, 6.07) is 11.1. The molecule has 0 unspecified atom stereocenters. The molecule has 164 valence electrons. The average Bonchev–Trinajstić information content (AvgIpc) is 2.98. The first kappa shape index (κ1) is 22.6. The van der Waals surface area contributed by atoms with E-state index in [0.29, 0.717) is 11.3 Å². The second-order valence-corrected chi connectivity index (χ2v) is 9.38. The van der Waals surface area contributed by atoms with Crippen LogP contribution in [0.1, 0.15) is 41.5 Å². The van der Waals surface area contributed by atoms with E-state index in [0.717, 1.165) is 5.69 Å². The number of amides is 1. The molecule has 1 heterocycles. The molecule has 0 aliphatic heterocycles. The lowest BCUT2D eigenvalue weighted by molar-refractivity contribution is 0.102. The zero-order valence-corrected chi connectivity index (χ0v) is 18.9. The maximum absolute atomic E-state index is 13.6. The van der Waals surface area contributed by atoms with Gasteiger partial charge in [0.1, 0.15) is 22.3 Å². The largest absolute Gasteiger partial charge is 0.497 e. The molecule has 1 N–H and O–H groups in total. The number of hydrogen-bond acceptors (Lipinski definition) is 4. The molecule has 0 saturated heterocycles. The van der Waals surface area contributed by atoms with Gasteiger partial charge in [-0.3, -0.25) is 4.79 Å². The van der Waals surface area contributed by atoms with Crippen molar-refractivity contribution in [2.45, 2.75) is 43.5 Å². The Hall–Kier alpha value is -3.13. The Morgan fingerprint density at radius 1 is 1.03 bits per heavy atom. The molecule has 0 bridgehead atoms. The number of hydrogen-bond donors (Lipinski definition) is 1. The van der Waals surface area contributed by atoms with E-state index in [1.54, 1.807) is 23.6 Å². The number of nitrogens with zero attached hydrogens (tertiary/aromatic N) is 1. The first-order valence-corrected chi connectivity index (χ1v) is 11.2. The minimum atomic E-state index is -3.95. The summed E-state index contributed by atoms with van der Waals surface area (Å²) in [7, 11) is -2.44. The first-order valence-electron chi connectivity index (χ1n) is 9.75. The second kappa shape index (κ2) is 8.55. The summed E-state index contributed by atoms with van der Waals surface area (Å²) >= 11 is 0. The van der Waals surface area contributed by atoms with Crippen LogP contribution in [0.2, 0.25) is 0 Å². The number of aromatic nitrogens is 1. The number of benzene rings is 2. The number of sulfone groups is 1. The molecule has 2 aromatic carbocycles. The summed E-state index contributed by atoms with van der Waals surface area (Å²) in [5, 5.41) is 2.75. The second-order valence-electron chi connectivity index (χ2n) is 7.49. The minimum Gasteiger partial charge on any atom is -0.497 e. The SMILES string of the molecule is COc1ccc(S(=O)(=O)c2c(C)c(C)n(C(C)C)c2NC(=O)c2ccc(F)cc2)cc1. The van der Waals surface area contributed by atoms with Gasteiger partial charge in [0, 0.05) is 17.3 Å². The third kappa shape index (κ3) is 4.20. The molecular formula is C23H25FN2O4S. The number of carbonyl (C=O) groups excluding carboxylic acids is 1. The van der Waals surface area contributed by atoms with Crippen molar-refractivity contribution in [3.63, 3.8) is 0 Å². The highest BCUT2D eigenvalue weighted by molar-refractivity contribution is 7.91. The molecule has 6 nitrogen and oxygen atoms in total. The van der Waals surface area contributed by atoms with Crippen LogP contribution in [-0.4, -0.2) is 26.0 Å². The number of halogens is 1. The van der Waals surface area contributed by atoms with Crippen LogP contribution >= 0.6 is 0 Å². The molecule has 0 spiro atoms. The Balaban J connectivity index is 2.16. The molecule has 3 aromatic rings. The van der Waals surface area contributed by atoms with Crippen LogP contribution < -0.4 is 10.1 Å². The van der Waals surface area contributed by atoms with Gasteiger partial charge in [0.05, 0.1) is 12.0 Å². The van der Waals surface area contributed by atoms with Crippen LogP contribution in [0, 0.1) is 19.7 Å². The topological polar surface area (TPSA) is 77.4 Å². The minimum absolute atomic E-state index is 0.0410. The van der Waals surface area contributed by atoms with Crippen molar-refractivity contribution in [2.24, 2.45) is 0 Å². The molecule has 0 aliphatic carbocycles. The Labute approximate surface area is 181 Å². The molecule has 31 heavy (non-hydrogen) atoms. The van der Waals surface area contributed by atoms with Gasteiger partial charge in [0.2, 0.25) is 9.84 Å². The van der Waals surface area contributed by atoms with Gasteiger partial charge in [-0.15, -0.1) is 0 Å². The van der Waals surface area contributed by atoms with Crippen molar-refractivity contribution in [3.05, 3.63) is 71.2 Å². The lowest BCUT2D eigenvalue weighted by Crippen LogP contribution is -2.19. The monoisotopic (exact) mass is 444 g/mol. The smallest absolute Gasteiger partial charge is 0.256 e. The fourth-order valence-corrected chi connectivity index (χ4v) is 5.23. The zero-order chi connectivity index (χ0) is 22.9. The molecule has 8 heteroatoms. The standard InChI is InChI=1S/C23H25FN2O4S/c1-14(2)26-16(4)15(3)21(31(28,29)20-12-10-19(30-5)11-13-20)22(26)25-23(27)17-6-8-18(24)9-7-17/h6-14H,1-5H3,(H,25,27). The molecule has 0 radical (unpaired) electrons. The van der Waals surface area contributed by atoms with Crippen LogP contribution in [0.4, 0.5) is 10.2 Å². The average molecular weight is 445 g/mol. The van der Waals surface area contributed by atoms with Crippen LogP contribution in [-0.2, 0) is 9.84 Å². The predicted octanol–water partition coefficient (Wildman–Crippen LogP) is 4.92. The van der Waals surface area contributed by atoms with E-state index in [-0.39, 0.29) is 27.2 Å².